The van der Waals surface area contributed by atoms with Crippen LogP contribution in [0, 0.1) is 0 Å². The van der Waals surface area contributed by atoms with Gasteiger partial charge >= 0.3 is 15.6 Å². The van der Waals surface area contributed by atoms with Gasteiger partial charge in [0.2, 0.25) is 0 Å². The molecular weight excluding hydrogens is 922 g/mol. The van der Waals surface area contributed by atoms with E-state index >= 15 is 0 Å². The first-order valence-corrected chi connectivity index (χ1v) is 24.1. The lowest BCUT2D eigenvalue weighted by atomic mass is 9.86. The Bertz CT molecular complexity index is 2780. The summed E-state index contributed by atoms with van der Waals surface area (Å²) in [5.41, 5.74) is 0.633. The van der Waals surface area contributed by atoms with Gasteiger partial charge in [-0.05, 0) is 80.6 Å². The monoisotopic (exact) mass is 964 g/mol. The SMILES string of the molecule is O=C1c2ccc3c4c(ccc(c24)C(=O)N1CCCO)C(=O)N(CCCOP(=O)(O)OCCCN1C(=O)c2ccc4c5c(ccc(c25)C1=O)C(=O)N(CCCOP(=O)(O)OCCCO)C4=O)C3=O. The number of aliphatic hydroxyl groups excluding tert-OH is 2. The lowest BCUT2D eigenvalue weighted by Gasteiger charge is -2.32. The van der Waals surface area contributed by atoms with E-state index in [0.29, 0.717) is 0 Å². The van der Waals surface area contributed by atoms with E-state index in [1.165, 1.54) is 48.5 Å². The van der Waals surface area contributed by atoms with E-state index in [1.807, 2.05) is 0 Å². The molecule has 2 atom stereocenters. The number of amides is 8. The molecular formula is C43H42N4O18P2. The molecule has 0 saturated carbocycles. The Hall–Kier alpha value is -5.90. The van der Waals surface area contributed by atoms with Crippen LogP contribution in [-0.2, 0) is 27.2 Å². The van der Waals surface area contributed by atoms with Crippen molar-refractivity contribution in [3.05, 3.63) is 93.0 Å². The Morgan fingerprint density at radius 2 is 0.537 bits per heavy atom. The van der Waals surface area contributed by atoms with Crippen LogP contribution >= 0.6 is 15.6 Å². The summed E-state index contributed by atoms with van der Waals surface area (Å²) in [5, 5.41) is 18.6. The molecule has 0 aliphatic carbocycles. The third-order valence-electron chi connectivity index (χ3n) is 11.6. The molecule has 0 bridgehead atoms. The van der Waals surface area contributed by atoms with Crippen LogP contribution in [0.25, 0.3) is 21.5 Å². The zero-order valence-electron chi connectivity index (χ0n) is 35.4. The van der Waals surface area contributed by atoms with Crippen molar-refractivity contribution in [2.24, 2.45) is 0 Å². The van der Waals surface area contributed by atoms with Gasteiger partial charge in [0.1, 0.15) is 0 Å². The molecule has 4 aliphatic heterocycles. The fraction of sp³-hybridized carbons (Fsp3) is 0.349. The van der Waals surface area contributed by atoms with E-state index in [4.69, 9.17) is 23.2 Å². The number of phosphoric ester groups is 2. The minimum Gasteiger partial charge on any atom is -0.396 e. The van der Waals surface area contributed by atoms with Crippen LogP contribution < -0.4 is 0 Å². The normalized spacial score (nSPS) is 17.4. The second-order valence-corrected chi connectivity index (χ2v) is 18.6. The Morgan fingerprint density at radius 1 is 0.343 bits per heavy atom. The number of hydrogen-bond donors (Lipinski definition) is 4. The molecule has 0 fully saturated rings. The summed E-state index contributed by atoms with van der Waals surface area (Å²) in [7, 11) is -9.14. The second kappa shape index (κ2) is 19.0. The zero-order valence-corrected chi connectivity index (χ0v) is 37.2. The Labute approximate surface area is 379 Å². The zero-order chi connectivity index (χ0) is 47.9. The number of carbonyl (C=O) groups excluding carboxylic acids is 8. The van der Waals surface area contributed by atoms with Crippen LogP contribution in [0.4, 0.5) is 0 Å². The van der Waals surface area contributed by atoms with Gasteiger partial charge < -0.3 is 20.0 Å². The van der Waals surface area contributed by atoms with Crippen molar-refractivity contribution < 1.29 is 85.6 Å². The van der Waals surface area contributed by atoms with Gasteiger partial charge in [0.05, 0.1) is 26.4 Å². The molecule has 4 aromatic rings. The number of rotatable bonds is 22. The summed E-state index contributed by atoms with van der Waals surface area (Å²) in [6.45, 7) is -2.63. The van der Waals surface area contributed by atoms with E-state index in [9.17, 15) is 62.4 Å². The van der Waals surface area contributed by atoms with Gasteiger partial charge in [-0.25, -0.2) is 9.13 Å². The number of nitrogens with zero attached hydrogens (tertiary/aromatic N) is 4. The number of aliphatic hydroxyl groups is 2. The largest absolute Gasteiger partial charge is 0.472 e. The first-order chi connectivity index (χ1) is 32.0. The highest BCUT2D eigenvalue weighted by Gasteiger charge is 2.41. The van der Waals surface area contributed by atoms with Crippen LogP contribution in [0.2, 0.25) is 0 Å². The third-order valence-corrected chi connectivity index (χ3v) is 13.6. The molecule has 0 spiro atoms. The summed E-state index contributed by atoms with van der Waals surface area (Å²) in [5.74, 6) is -5.56. The second-order valence-electron chi connectivity index (χ2n) is 15.7. The van der Waals surface area contributed by atoms with Crippen molar-refractivity contribution in [3.63, 3.8) is 0 Å². The van der Waals surface area contributed by atoms with Crippen LogP contribution in [0.3, 0.4) is 0 Å². The number of hydrogen-bond acceptors (Lipinski definition) is 16. The first-order valence-electron chi connectivity index (χ1n) is 21.1. The molecule has 24 heteroatoms. The average Bonchev–Trinajstić information content (AvgIpc) is 3.30. The molecule has 352 valence electrons. The summed E-state index contributed by atoms with van der Waals surface area (Å²) in [6, 6.07) is 11.0. The van der Waals surface area contributed by atoms with Gasteiger partial charge in [-0.2, -0.15) is 0 Å². The highest BCUT2D eigenvalue weighted by atomic mass is 31.2. The first kappa shape index (κ1) is 47.6. The van der Waals surface area contributed by atoms with Crippen molar-refractivity contribution in [1.29, 1.82) is 0 Å². The van der Waals surface area contributed by atoms with Crippen molar-refractivity contribution in [2.75, 3.05) is 65.8 Å². The minimum absolute atomic E-state index is 0.0137. The predicted octanol–water partition coefficient (Wildman–Crippen LogP) is 3.28. The molecule has 0 aromatic heterocycles. The van der Waals surface area contributed by atoms with Gasteiger partial charge in [-0.1, -0.05) is 0 Å². The summed E-state index contributed by atoms with van der Waals surface area (Å²) in [4.78, 5) is 132. The Balaban J connectivity index is 0.833. The fourth-order valence-electron chi connectivity index (χ4n) is 8.52. The molecule has 8 rings (SSSR count). The standard InChI is InChI=1S/C43H42N4O18P2/c48-18-1-14-44-36(50)24-6-8-26-33-27(9-7-25(32(24)33)37(44)51)39(53)45(38(26)52)15-2-20-62-66(58,59)63-21-3-16-46-40(54)28-10-12-30-35-31(13-11-29(34(28)35)41(46)55)43(57)47(42(30)56)17-4-22-64-67(60,61)65-23-5-19-49/h6-13,48-49H,1-5,14-23H2,(H,58,59)(H,60,61). The summed E-state index contributed by atoms with van der Waals surface area (Å²) in [6.07, 6.45) is 0.0526. The average molecular weight is 965 g/mol. The molecule has 8 amide bonds. The number of carbonyl (C=O) groups is 8. The fourth-order valence-corrected chi connectivity index (χ4v) is 10.1. The third kappa shape index (κ3) is 8.77. The van der Waals surface area contributed by atoms with E-state index in [1.54, 1.807) is 0 Å². The van der Waals surface area contributed by atoms with Crippen LogP contribution in [0.1, 0.15) is 115 Å². The Morgan fingerprint density at radius 3 is 0.746 bits per heavy atom. The van der Waals surface area contributed by atoms with Crippen molar-refractivity contribution in [1.82, 2.24) is 19.6 Å². The number of benzene rings is 4. The summed E-state index contributed by atoms with van der Waals surface area (Å²) < 4.78 is 44.5. The maximum atomic E-state index is 13.7. The van der Waals surface area contributed by atoms with Crippen molar-refractivity contribution in [2.45, 2.75) is 32.1 Å². The van der Waals surface area contributed by atoms with Crippen molar-refractivity contribution in [3.8, 4) is 0 Å². The van der Waals surface area contributed by atoms with Crippen LogP contribution in [0.5, 0.6) is 0 Å². The molecule has 0 radical (unpaired) electrons. The predicted molar refractivity (Wildman–Crippen MR) is 230 cm³/mol. The van der Waals surface area contributed by atoms with E-state index in [-0.39, 0.29) is 151 Å². The maximum absolute atomic E-state index is 13.7. The molecule has 4 heterocycles. The van der Waals surface area contributed by atoms with Gasteiger partial charge in [0.25, 0.3) is 47.3 Å². The molecule has 0 saturated heterocycles. The minimum atomic E-state index is -4.72. The van der Waals surface area contributed by atoms with Gasteiger partial charge in [-0.15, -0.1) is 0 Å². The quantitative estimate of drug-likeness (QED) is 0.0499. The van der Waals surface area contributed by atoms with Gasteiger partial charge in [-0.3, -0.25) is 76.1 Å². The summed E-state index contributed by atoms with van der Waals surface area (Å²) >= 11 is 0. The molecule has 2 unspecified atom stereocenters. The van der Waals surface area contributed by atoms with Crippen molar-refractivity contribution >= 4 is 84.4 Å². The smallest absolute Gasteiger partial charge is 0.396 e. The Kier molecular flexibility index (Phi) is 13.5. The lowest BCUT2D eigenvalue weighted by Crippen LogP contribution is -2.44. The molecule has 4 aromatic carbocycles. The highest BCUT2D eigenvalue weighted by Crippen LogP contribution is 2.45. The maximum Gasteiger partial charge on any atom is 0.472 e. The lowest BCUT2D eigenvalue weighted by molar-refractivity contribution is 0.0572. The van der Waals surface area contributed by atoms with Crippen LogP contribution in [0.15, 0.2) is 48.5 Å². The highest BCUT2D eigenvalue weighted by molar-refractivity contribution is 7.47. The number of phosphoric acid groups is 2. The van der Waals surface area contributed by atoms with Crippen LogP contribution in [-0.4, -0.2) is 153 Å². The van der Waals surface area contributed by atoms with E-state index in [0.717, 1.165) is 19.6 Å². The van der Waals surface area contributed by atoms with Gasteiger partial charge in [0.15, 0.2) is 0 Å². The topological polar surface area (TPSA) is 301 Å². The molecule has 67 heavy (non-hydrogen) atoms. The molecule has 4 N–H and O–H groups in total. The number of imide groups is 4. The molecule has 4 aliphatic rings. The van der Waals surface area contributed by atoms with E-state index in [2.05, 4.69) is 0 Å². The molecule has 22 nitrogen and oxygen atoms in total. The van der Waals surface area contributed by atoms with Gasteiger partial charge in [0, 0.05) is 105 Å². The van der Waals surface area contributed by atoms with E-state index < -0.39 is 76.1 Å².